The first-order valence-corrected chi connectivity index (χ1v) is 6.72. The van der Waals surface area contributed by atoms with E-state index in [1.165, 1.54) is 24.8 Å². The van der Waals surface area contributed by atoms with Crippen molar-refractivity contribution in [3.63, 3.8) is 0 Å². The van der Waals surface area contributed by atoms with Gasteiger partial charge < -0.3 is 0 Å². The molecule has 0 fully saturated rings. The number of carbonyl (C=O) groups is 1. The molecule has 1 aromatic rings. The molecule has 16 heavy (non-hydrogen) atoms. The van der Waals surface area contributed by atoms with Gasteiger partial charge in [-0.15, -0.1) is 11.8 Å². The van der Waals surface area contributed by atoms with Gasteiger partial charge in [0.2, 0.25) is 0 Å². The third-order valence-corrected chi connectivity index (χ3v) is 4.02. The van der Waals surface area contributed by atoms with Gasteiger partial charge in [0.1, 0.15) is 5.78 Å². The van der Waals surface area contributed by atoms with Crippen molar-refractivity contribution >= 4 is 33.5 Å². The Kier molecular flexibility index (Phi) is 4.92. The van der Waals surface area contributed by atoms with Crippen molar-refractivity contribution in [2.75, 3.05) is 6.26 Å². The Morgan fingerprint density at radius 2 is 2.00 bits per heavy atom. The summed E-state index contributed by atoms with van der Waals surface area (Å²) in [5.74, 6) is -0.180. The lowest BCUT2D eigenvalue weighted by molar-refractivity contribution is -0.116. The molecule has 5 heteroatoms. The van der Waals surface area contributed by atoms with Gasteiger partial charge in [-0.3, -0.25) is 4.79 Å². The molecule has 1 unspecified atom stereocenters. The Bertz CT molecular complexity index is 396. The van der Waals surface area contributed by atoms with Gasteiger partial charge in [-0.1, -0.05) is 22.0 Å². The molecule has 1 aromatic carbocycles. The lowest BCUT2D eigenvalue weighted by atomic mass is 10.0. The molecular weight excluding hydrogens is 298 g/mol. The Hall–Kier alpha value is -0.420. The maximum Gasteiger partial charge on any atom is 0.264 e. The number of carbonyl (C=O) groups excluding carboxylic acids is 1. The number of rotatable bonds is 4. The zero-order chi connectivity index (χ0) is 12.3. The average Bonchev–Trinajstić information content (AvgIpc) is 2.26. The Morgan fingerprint density at radius 1 is 1.38 bits per heavy atom. The van der Waals surface area contributed by atoms with E-state index >= 15 is 0 Å². The second kappa shape index (κ2) is 5.77. The number of halogens is 3. The first-order chi connectivity index (χ1) is 7.47. The summed E-state index contributed by atoms with van der Waals surface area (Å²) in [6.07, 6.45) is -0.705. The van der Waals surface area contributed by atoms with Crippen LogP contribution in [0.4, 0.5) is 8.78 Å². The maximum atomic E-state index is 12.7. The minimum atomic E-state index is -2.56. The van der Waals surface area contributed by atoms with Crippen LogP contribution in [0, 0.1) is 0 Å². The Morgan fingerprint density at radius 3 is 2.44 bits per heavy atom. The molecule has 0 N–H and O–H groups in total. The van der Waals surface area contributed by atoms with Gasteiger partial charge in [0.05, 0.1) is 4.83 Å². The van der Waals surface area contributed by atoms with Crippen molar-refractivity contribution < 1.29 is 13.6 Å². The lowest BCUT2D eigenvalue weighted by Gasteiger charge is -2.13. The van der Waals surface area contributed by atoms with Gasteiger partial charge in [-0.05, 0) is 30.9 Å². The number of Topliss-reactive ketones (excluding diaryl/α,β-unsaturated/α-hetero) is 1. The van der Waals surface area contributed by atoms with E-state index < -0.39 is 11.3 Å². The average molecular weight is 309 g/mol. The van der Waals surface area contributed by atoms with Gasteiger partial charge in [0.15, 0.2) is 0 Å². The molecule has 0 heterocycles. The molecule has 0 spiro atoms. The highest BCUT2D eigenvalue weighted by Gasteiger charge is 2.21. The Labute approximate surface area is 106 Å². The van der Waals surface area contributed by atoms with E-state index in [1.807, 2.05) is 6.26 Å². The molecule has 0 aliphatic carbocycles. The molecule has 0 radical (unpaired) electrons. The van der Waals surface area contributed by atoms with E-state index in [9.17, 15) is 13.6 Å². The largest absolute Gasteiger partial charge is 0.298 e. The van der Waals surface area contributed by atoms with Crippen LogP contribution in [0.5, 0.6) is 0 Å². The lowest BCUT2D eigenvalue weighted by Crippen LogP contribution is -2.05. The normalized spacial score (nSPS) is 12.9. The zero-order valence-electron chi connectivity index (χ0n) is 8.84. The quantitative estimate of drug-likeness (QED) is 0.607. The standard InChI is InChI=1S/C11H11BrF2OS/c1-6(15)10(12)9-5-7(16-2)3-4-8(9)11(13)14/h3-5,10-11H,1-2H3. The molecule has 0 aromatic heterocycles. The number of benzene rings is 1. The second-order valence-electron chi connectivity index (χ2n) is 3.27. The smallest absolute Gasteiger partial charge is 0.264 e. The van der Waals surface area contributed by atoms with Crippen LogP contribution < -0.4 is 0 Å². The molecule has 0 amide bonds. The molecule has 0 bridgehead atoms. The van der Waals surface area contributed by atoms with E-state index in [0.717, 1.165) is 4.90 Å². The molecule has 1 nitrogen and oxygen atoms in total. The third kappa shape index (κ3) is 3.04. The fourth-order valence-corrected chi connectivity index (χ4v) is 2.16. The van der Waals surface area contributed by atoms with Crippen molar-refractivity contribution in [2.24, 2.45) is 0 Å². The monoisotopic (exact) mass is 308 g/mol. The number of ketones is 1. The van der Waals surface area contributed by atoms with Crippen LogP contribution in [0.25, 0.3) is 0 Å². The van der Waals surface area contributed by atoms with Crippen molar-refractivity contribution in [1.29, 1.82) is 0 Å². The van der Waals surface area contributed by atoms with Crippen LogP contribution in [-0.4, -0.2) is 12.0 Å². The van der Waals surface area contributed by atoms with Crippen LogP contribution in [0.15, 0.2) is 23.1 Å². The topological polar surface area (TPSA) is 17.1 Å². The summed E-state index contributed by atoms with van der Waals surface area (Å²) in [6, 6.07) is 4.64. The predicted molar refractivity (Wildman–Crippen MR) is 65.5 cm³/mol. The van der Waals surface area contributed by atoms with Crippen molar-refractivity contribution in [3.05, 3.63) is 29.3 Å². The first-order valence-electron chi connectivity index (χ1n) is 4.58. The van der Waals surface area contributed by atoms with Crippen LogP contribution in [0.2, 0.25) is 0 Å². The van der Waals surface area contributed by atoms with Crippen molar-refractivity contribution in [3.8, 4) is 0 Å². The van der Waals surface area contributed by atoms with E-state index in [1.54, 1.807) is 12.1 Å². The van der Waals surface area contributed by atoms with Crippen LogP contribution in [0.1, 0.15) is 29.3 Å². The third-order valence-electron chi connectivity index (χ3n) is 2.16. The van der Waals surface area contributed by atoms with E-state index in [2.05, 4.69) is 15.9 Å². The van der Waals surface area contributed by atoms with E-state index in [4.69, 9.17) is 0 Å². The molecule has 0 aliphatic heterocycles. The summed E-state index contributed by atoms with van der Waals surface area (Å²) in [7, 11) is 0. The molecule has 0 saturated heterocycles. The molecule has 88 valence electrons. The zero-order valence-corrected chi connectivity index (χ0v) is 11.2. The summed E-state index contributed by atoms with van der Waals surface area (Å²) in [5.41, 5.74) is 0.268. The van der Waals surface area contributed by atoms with E-state index in [0.29, 0.717) is 5.56 Å². The number of hydrogen-bond donors (Lipinski definition) is 0. The van der Waals surface area contributed by atoms with Crippen LogP contribution >= 0.6 is 27.7 Å². The molecule has 1 atom stereocenters. The van der Waals surface area contributed by atoms with Crippen molar-refractivity contribution in [1.82, 2.24) is 0 Å². The Balaban J connectivity index is 3.25. The van der Waals surface area contributed by atoms with Crippen LogP contribution in [0.3, 0.4) is 0 Å². The van der Waals surface area contributed by atoms with Crippen LogP contribution in [-0.2, 0) is 4.79 Å². The van der Waals surface area contributed by atoms with Gasteiger partial charge in [-0.25, -0.2) is 8.78 Å². The van der Waals surface area contributed by atoms with E-state index in [-0.39, 0.29) is 11.3 Å². The second-order valence-corrected chi connectivity index (χ2v) is 5.06. The number of hydrogen-bond acceptors (Lipinski definition) is 2. The molecule has 1 rings (SSSR count). The summed E-state index contributed by atoms with van der Waals surface area (Å²) in [5, 5.41) is 0. The summed E-state index contributed by atoms with van der Waals surface area (Å²) < 4.78 is 25.5. The highest BCUT2D eigenvalue weighted by Crippen LogP contribution is 2.34. The van der Waals surface area contributed by atoms with Gasteiger partial charge in [0.25, 0.3) is 6.43 Å². The predicted octanol–water partition coefficient (Wildman–Crippen LogP) is 4.37. The highest BCUT2D eigenvalue weighted by molar-refractivity contribution is 9.09. The molecular formula is C11H11BrF2OS. The summed E-state index contributed by atoms with van der Waals surface area (Å²) in [4.78, 5) is 11.4. The fraction of sp³-hybridized carbons (Fsp3) is 0.364. The maximum absolute atomic E-state index is 12.7. The first kappa shape index (κ1) is 13.6. The fourth-order valence-electron chi connectivity index (χ4n) is 1.32. The minimum absolute atomic E-state index is 0.0881. The SMILES string of the molecule is CSc1ccc(C(F)F)c(C(Br)C(C)=O)c1. The number of alkyl halides is 3. The highest BCUT2D eigenvalue weighted by atomic mass is 79.9. The summed E-state index contributed by atoms with van der Waals surface area (Å²) in [6.45, 7) is 1.38. The van der Waals surface area contributed by atoms with Gasteiger partial charge >= 0.3 is 0 Å². The number of thioether (sulfide) groups is 1. The van der Waals surface area contributed by atoms with Gasteiger partial charge in [-0.2, -0.15) is 0 Å². The molecule has 0 saturated carbocycles. The molecule has 0 aliphatic rings. The summed E-state index contributed by atoms with van der Waals surface area (Å²) >= 11 is 4.60. The van der Waals surface area contributed by atoms with Gasteiger partial charge in [0, 0.05) is 10.5 Å². The minimum Gasteiger partial charge on any atom is -0.298 e. The van der Waals surface area contributed by atoms with Crippen molar-refractivity contribution in [2.45, 2.75) is 23.1 Å².